The van der Waals surface area contributed by atoms with E-state index in [2.05, 4.69) is 0 Å². The van der Waals surface area contributed by atoms with Crippen LogP contribution in [-0.2, 0) is 4.79 Å². The van der Waals surface area contributed by atoms with Gasteiger partial charge in [-0.25, -0.2) is 4.79 Å². The number of nitrogens with zero attached hydrogens (tertiary/aromatic N) is 1. The van der Waals surface area contributed by atoms with Gasteiger partial charge in [-0.2, -0.15) is 11.8 Å². The summed E-state index contributed by atoms with van der Waals surface area (Å²) in [5, 5.41) is 8.91. The second-order valence-electron chi connectivity index (χ2n) is 3.86. The SMILES string of the molecule is CSC1CCN(c2cccc(C(=O)O)c2)C1=O. The number of aromatic carboxylic acids is 1. The summed E-state index contributed by atoms with van der Waals surface area (Å²) in [6.45, 7) is 0.660. The first-order valence-corrected chi connectivity index (χ1v) is 6.60. The van der Waals surface area contributed by atoms with Gasteiger partial charge in [0.05, 0.1) is 10.8 Å². The lowest BCUT2D eigenvalue weighted by atomic mass is 10.2. The molecular formula is C12H13NO3S. The predicted molar refractivity (Wildman–Crippen MR) is 67.7 cm³/mol. The normalized spacial score (nSPS) is 19.7. The van der Waals surface area contributed by atoms with Crippen molar-refractivity contribution in [2.24, 2.45) is 0 Å². The highest BCUT2D eigenvalue weighted by Gasteiger charge is 2.31. The van der Waals surface area contributed by atoms with Gasteiger partial charge in [-0.3, -0.25) is 4.79 Å². The number of hydrogen-bond donors (Lipinski definition) is 1. The summed E-state index contributed by atoms with van der Waals surface area (Å²) in [6.07, 6.45) is 2.73. The van der Waals surface area contributed by atoms with Gasteiger partial charge in [0.1, 0.15) is 0 Å². The molecule has 1 unspecified atom stereocenters. The maximum absolute atomic E-state index is 12.0. The van der Waals surface area contributed by atoms with Crippen molar-refractivity contribution in [1.29, 1.82) is 0 Å². The number of hydrogen-bond acceptors (Lipinski definition) is 3. The average Bonchev–Trinajstić information content (AvgIpc) is 2.70. The molecule has 1 amide bonds. The van der Waals surface area contributed by atoms with Crippen LogP contribution in [0.25, 0.3) is 0 Å². The van der Waals surface area contributed by atoms with Gasteiger partial charge in [-0.1, -0.05) is 6.07 Å². The van der Waals surface area contributed by atoms with E-state index in [1.165, 1.54) is 6.07 Å². The van der Waals surface area contributed by atoms with Crippen molar-refractivity contribution in [2.75, 3.05) is 17.7 Å². The van der Waals surface area contributed by atoms with Gasteiger partial charge >= 0.3 is 5.97 Å². The molecule has 1 fully saturated rings. The Morgan fingerprint density at radius 2 is 2.29 bits per heavy atom. The Hall–Kier alpha value is -1.49. The molecule has 1 aromatic rings. The molecule has 1 aromatic carbocycles. The maximum atomic E-state index is 12.0. The summed E-state index contributed by atoms with van der Waals surface area (Å²) < 4.78 is 0. The van der Waals surface area contributed by atoms with Crippen LogP contribution < -0.4 is 4.90 Å². The van der Waals surface area contributed by atoms with Crippen molar-refractivity contribution in [3.05, 3.63) is 29.8 Å². The molecule has 2 rings (SSSR count). The van der Waals surface area contributed by atoms with Crippen molar-refractivity contribution in [2.45, 2.75) is 11.7 Å². The van der Waals surface area contributed by atoms with Crippen molar-refractivity contribution in [1.82, 2.24) is 0 Å². The van der Waals surface area contributed by atoms with E-state index in [0.29, 0.717) is 12.2 Å². The number of benzene rings is 1. The lowest BCUT2D eigenvalue weighted by molar-refractivity contribution is -0.116. The molecule has 4 nitrogen and oxygen atoms in total. The number of rotatable bonds is 3. The van der Waals surface area contributed by atoms with Crippen LogP contribution in [-0.4, -0.2) is 35.0 Å². The average molecular weight is 251 g/mol. The van der Waals surface area contributed by atoms with Crippen molar-refractivity contribution >= 4 is 29.3 Å². The van der Waals surface area contributed by atoms with Crippen LogP contribution in [0.3, 0.4) is 0 Å². The Morgan fingerprint density at radius 1 is 1.53 bits per heavy atom. The summed E-state index contributed by atoms with van der Waals surface area (Å²) in [7, 11) is 0. The van der Waals surface area contributed by atoms with E-state index < -0.39 is 5.97 Å². The van der Waals surface area contributed by atoms with Gasteiger partial charge in [0.2, 0.25) is 5.91 Å². The predicted octanol–water partition coefficient (Wildman–Crippen LogP) is 1.85. The molecule has 5 heteroatoms. The van der Waals surface area contributed by atoms with E-state index in [0.717, 1.165) is 6.42 Å². The van der Waals surface area contributed by atoms with Crippen molar-refractivity contribution in [3.8, 4) is 0 Å². The lowest BCUT2D eigenvalue weighted by Crippen LogP contribution is -2.28. The number of carboxylic acids is 1. The molecule has 1 atom stereocenters. The lowest BCUT2D eigenvalue weighted by Gasteiger charge is -2.16. The molecule has 0 radical (unpaired) electrons. The van der Waals surface area contributed by atoms with Crippen LogP contribution in [0.2, 0.25) is 0 Å². The minimum atomic E-state index is -0.972. The van der Waals surface area contributed by atoms with Crippen LogP contribution in [0.15, 0.2) is 24.3 Å². The second kappa shape index (κ2) is 4.79. The molecule has 1 saturated heterocycles. The van der Waals surface area contributed by atoms with Crippen LogP contribution in [0, 0.1) is 0 Å². The third kappa shape index (κ3) is 2.29. The standard InChI is InChI=1S/C12H13NO3S/c1-17-10-5-6-13(11(10)14)9-4-2-3-8(7-9)12(15)16/h2-4,7,10H,5-6H2,1H3,(H,15,16). The number of carboxylic acid groups (broad SMARTS) is 1. The Balaban J connectivity index is 2.26. The summed E-state index contributed by atoms with van der Waals surface area (Å²) in [5.74, 6) is -0.903. The van der Waals surface area contributed by atoms with E-state index in [4.69, 9.17) is 5.11 Å². The van der Waals surface area contributed by atoms with Gasteiger partial charge in [0.15, 0.2) is 0 Å². The molecule has 1 N–H and O–H groups in total. The third-order valence-corrected chi connectivity index (χ3v) is 3.85. The molecule has 90 valence electrons. The Labute approximate surface area is 104 Å². The molecule has 1 aliphatic rings. The minimum Gasteiger partial charge on any atom is -0.478 e. The fraction of sp³-hybridized carbons (Fsp3) is 0.333. The van der Waals surface area contributed by atoms with Gasteiger partial charge < -0.3 is 10.0 Å². The third-order valence-electron chi connectivity index (χ3n) is 2.85. The molecule has 0 aromatic heterocycles. The fourth-order valence-electron chi connectivity index (χ4n) is 1.94. The van der Waals surface area contributed by atoms with E-state index in [9.17, 15) is 9.59 Å². The fourth-order valence-corrected chi connectivity index (χ4v) is 2.61. The molecule has 17 heavy (non-hydrogen) atoms. The van der Waals surface area contributed by atoms with Crippen molar-refractivity contribution in [3.63, 3.8) is 0 Å². The van der Waals surface area contributed by atoms with Gasteiger partial charge in [-0.15, -0.1) is 0 Å². The highest BCUT2D eigenvalue weighted by Crippen LogP contribution is 2.27. The first-order chi connectivity index (χ1) is 8.13. The van der Waals surface area contributed by atoms with Crippen molar-refractivity contribution < 1.29 is 14.7 Å². The molecule has 1 aliphatic heterocycles. The number of carbonyl (C=O) groups is 2. The molecule has 0 spiro atoms. The Morgan fingerprint density at radius 3 is 2.88 bits per heavy atom. The zero-order chi connectivity index (χ0) is 12.4. The maximum Gasteiger partial charge on any atom is 0.335 e. The monoisotopic (exact) mass is 251 g/mol. The first kappa shape index (κ1) is 12.0. The zero-order valence-corrected chi connectivity index (χ0v) is 10.2. The zero-order valence-electron chi connectivity index (χ0n) is 9.42. The Bertz CT molecular complexity index is 461. The van der Waals surface area contributed by atoms with Gasteiger partial charge in [-0.05, 0) is 30.9 Å². The van der Waals surface area contributed by atoms with Gasteiger partial charge in [0, 0.05) is 12.2 Å². The topological polar surface area (TPSA) is 57.6 Å². The summed E-state index contributed by atoms with van der Waals surface area (Å²) >= 11 is 1.54. The minimum absolute atomic E-state index is 0.00323. The Kier molecular flexibility index (Phi) is 3.38. The summed E-state index contributed by atoms with van der Waals surface area (Å²) in [4.78, 5) is 24.5. The second-order valence-corrected chi connectivity index (χ2v) is 4.90. The molecule has 0 bridgehead atoms. The van der Waals surface area contributed by atoms with Crippen LogP contribution in [0.1, 0.15) is 16.8 Å². The van der Waals surface area contributed by atoms with E-state index in [-0.39, 0.29) is 16.7 Å². The molecule has 0 aliphatic carbocycles. The van der Waals surface area contributed by atoms with Crippen LogP contribution >= 0.6 is 11.8 Å². The molecule has 0 saturated carbocycles. The molecular weight excluding hydrogens is 238 g/mol. The number of thioether (sulfide) groups is 1. The van der Waals surface area contributed by atoms with Crippen LogP contribution in [0.5, 0.6) is 0 Å². The summed E-state index contributed by atoms with van der Waals surface area (Å²) in [5.41, 5.74) is 0.884. The highest BCUT2D eigenvalue weighted by atomic mass is 32.2. The highest BCUT2D eigenvalue weighted by molar-refractivity contribution is 8.00. The quantitative estimate of drug-likeness (QED) is 0.890. The first-order valence-electron chi connectivity index (χ1n) is 5.31. The smallest absolute Gasteiger partial charge is 0.335 e. The van der Waals surface area contributed by atoms with Crippen LogP contribution in [0.4, 0.5) is 5.69 Å². The van der Waals surface area contributed by atoms with Gasteiger partial charge in [0.25, 0.3) is 0 Å². The number of amides is 1. The van der Waals surface area contributed by atoms with E-state index >= 15 is 0 Å². The van der Waals surface area contributed by atoms with E-state index in [1.54, 1.807) is 34.9 Å². The number of anilines is 1. The van der Waals surface area contributed by atoms with E-state index in [1.807, 2.05) is 6.26 Å². The largest absolute Gasteiger partial charge is 0.478 e. The summed E-state index contributed by atoms with van der Waals surface area (Å²) in [6, 6.07) is 6.51. The number of carbonyl (C=O) groups excluding carboxylic acids is 1. The molecule has 1 heterocycles.